The van der Waals surface area contributed by atoms with Gasteiger partial charge in [0.05, 0.1) is 0 Å². The van der Waals surface area contributed by atoms with E-state index in [0.29, 0.717) is 6.10 Å². The zero-order chi connectivity index (χ0) is 8.72. The molecule has 0 aromatic rings. The van der Waals surface area contributed by atoms with Crippen LogP contribution in [0.5, 0.6) is 0 Å². The average Bonchev–Trinajstić information content (AvgIpc) is 2.28. The van der Waals surface area contributed by atoms with Gasteiger partial charge in [0.1, 0.15) is 11.9 Å². The van der Waals surface area contributed by atoms with Gasteiger partial charge in [-0.15, -0.1) is 0 Å². The van der Waals surface area contributed by atoms with Crippen LogP contribution in [0, 0.1) is 5.92 Å². The van der Waals surface area contributed by atoms with Crippen LogP contribution in [0.3, 0.4) is 0 Å². The van der Waals surface area contributed by atoms with E-state index >= 15 is 0 Å². The van der Waals surface area contributed by atoms with Crippen LogP contribution in [0.4, 0.5) is 0 Å². The van der Waals surface area contributed by atoms with Crippen LogP contribution in [0.1, 0.15) is 33.1 Å². The van der Waals surface area contributed by atoms with E-state index in [2.05, 4.69) is 20.4 Å². The quantitative estimate of drug-likeness (QED) is 0.534. The highest BCUT2D eigenvalue weighted by molar-refractivity contribution is 5.36. The fourth-order valence-electron chi connectivity index (χ4n) is 2.18. The second-order valence-electron chi connectivity index (χ2n) is 4.06. The molecule has 12 heavy (non-hydrogen) atoms. The molecule has 1 aliphatic heterocycles. The van der Waals surface area contributed by atoms with Crippen molar-refractivity contribution >= 4 is 0 Å². The summed E-state index contributed by atoms with van der Waals surface area (Å²) in [6, 6.07) is 0. The third kappa shape index (κ3) is 1.08. The van der Waals surface area contributed by atoms with Crippen molar-refractivity contribution in [3.05, 3.63) is 23.5 Å². The van der Waals surface area contributed by atoms with Crippen molar-refractivity contribution in [3.8, 4) is 0 Å². The van der Waals surface area contributed by atoms with Crippen molar-refractivity contribution in [3.63, 3.8) is 0 Å². The van der Waals surface area contributed by atoms with Gasteiger partial charge in [-0.2, -0.15) is 0 Å². The van der Waals surface area contributed by atoms with E-state index in [9.17, 15) is 0 Å². The molecule has 0 radical (unpaired) electrons. The van der Waals surface area contributed by atoms with Crippen LogP contribution in [0.15, 0.2) is 23.5 Å². The maximum absolute atomic E-state index is 5.68. The Kier molecular flexibility index (Phi) is 1.75. The summed E-state index contributed by atoms with van der Waals surface area (Å²) in [7, 11) is 0. The normalized spacial score (nSPS) is 35.0. The summed E-state index contributed by atoms with van der Waals surface area (Å²) in [5.74, 6) is 1.72. The molecule has 0 unspecified atom stereocenters. The molecule has 0 aromatic heterocycles. The highest BCUT2D eigenvalue weighted by Crippen LogP contribution is 2.40. The maximum atomic E-state index is 5.68. The first-order valence-corrected chi connectivity index (χ1v) is 4.74. The topological polar surface area (TPSA) is 9.23 Å². The second-order valence-corrected chi connectivity index (χ2v) is 4.06. The van der Waals surface area contributed by atoms with Gasteiger partial charge in [0.2, 0.25) is 0 Å². The van der Waals surface area contributed by atoms with E-state index in [0.717, 1.165) is 11.7 Å². The number of fused-ring (bicyclic) bond motifs is 1. The molecule has 1 saturated carbocycles. The van der Waals surface area contributed by atoms with E-state index in [1.807, 2.05) is 0 Å². The molecular weight excluding hydrogens is 148 g/mol. The Bertz CT molecular complexity index is 250. The fourth-order valence-corrected chi connectivity index (χ4v) is 2.18. The molecule has 1 heteroatoms. The van der Waals surface area contributed by atoms with Gasteiger partial charge in [-0.05, 0) is 43.3 Å². The van der Waals surface area contributed by atoms with Gasteiger partial charge in [-0.3, -0.25) is 0 Å². The highest BCUT2D eigenvalue weighted by Gasteiger charge is 2.32. The molecule has 66 valence electrons. The molecule has 2 rings (SSSR count). The Morgan fingerprint density at radius 3 is 3.00 bits per heavy atom. The minimum absolute atomic E-state index is 0.376. The standard InChI is InChI=1S/C11H16O/c1-7-4-5-10-8(2)9(3)12-11(10)6-7/h7,11H,3-6H2,1-2H3/t7-,11-/m1/s1. The molecule has 2 aliphatic rings. The van der Waals surface area contributed by atoms with Crippen LogP contribution in [-0.2, 0) is 4.74 Å². The van der Waals surface area contributed by atoms with Crippen molar-refractivity contribution in [2.75, 3.05) is 0 Å². The van der Waals surface area contributed by atoms with E-state index < -0.39 is 0 Å². The lowest BCUT2D eigenvalue weighted by Crippen LogP contribution is -2.19. The first kappa shape index (κ1) is 7.90. The minimum Gasteiger partial charge on any atom is -0.486 e. The summed E-state index contributed by atoms with van der Waals surface area (Å²) >= 11 is 0. The molecule has 1 fully saturated rings. The molecule has 1 aliphatic carbocycles. The van der Waals surface area contributed by atoms with Crippen LogP contribution >= 0.6 is 0 Å². The monoisotopic (exact) mass is 164 g/mol. The van der Waals surface area contributed by atoms with Crippen molar-refractivity contribution in [1.82, 2.24) is 0 Å². The van der Waals surface area contributed by atoms with Crippen LogP contribution < -0.4 is 0 Å². The Hall–Kier alpha value is -0.720. The summed E-state index contributed by atoms with van der Waals surface area (Å²) in [6.07, 6.45) is 4.10. The lowest BCUT2D eigenvalue weighted by atomic mass is 9.84. The van der Waals surface area contributed by atoms with E-state index in [4.69, 9.17) is 4.74 Å². The van der Waals surface area contributed by atoms with Gasteiger partial charge in [0.15, 0.2) is 0 Å². The number of ether oxygens (including phenoxy) is 1. The summed E-state index contributed by atoms with van der Waals surface area (Å²) in [5.41, 5.74) is 2.82. The van der Waals surface area contributed by atoms with Crippen LogP contribution in [0.2, 0.25) is 0 Å². The summed E-state index contributed by atoms with van der Waals surface area (Å²) < 4.78 is 5.68. The molecule has 1 nitrogen and oxygen atoms in total. The first-order chi connectivity index (χ1) is 5.68. The number of hydrogen-bond donors (Lipinski definition) is 0. The van der Waals surface area contributed by atoms with Crippen molar-refractivity contribution < 1.29 is 4.74 Å². The van der Waals surface area contributed by atoms with Gasteiger partial charge in [0, 0.05) is 0 Å². The molecule has 0 bridgehead atoms. The highest BCUT2D eigenvalue weighted by atomic mass is 16.5. The lowest BCUT2D eigenvalue weighted by molar-refractivity contribution is 0.131. The van der Waals surface area contributed by atoms with Crippen LogP contribution in [-0.4, -0.2) is 6.10 Å². The summed E-state index contributed by atoms with van der Waals surface area (Å²) in [6.45, 7) is 8.34. The van der Waals surface area contributed by atoms with E-state index in [1.54, 1.807) is 0 Å². The van der Waals surface area contributed by atoms with Gasteiger partial charge in [0.25, 0.3) is 0 Å². The summed E-state index contributed by atoms with van der Waals surface area (Å²) in [5, 5.41) is 0. The van der Waals surface area contributed by atoms with Gasteiger partial charge in [-0.1, -0.05) is 13.5 Å². The smallest absolute Gasteiger partial charge is 0.121 e. The van der Waals surface area contributed by atoms with Crippen LogP contribution in [0.25, 0.3) is 0 Å². The van der Waals surface area contributed by atoms with Gasteiger partial charge < -0.3 is 4.74 Å². The van der Waals surface area contributed by atoms with E-state index in [-0.39, 0.29) is 0 Å². The lowest BCUT2D eigenvalue weighted by Gasteiger charge is -2.25. The van der Waals surface area contributed by atoms with Crippen molar-refractivity contribution in [2.45, 2.75) is 39.2 Å². The molecule has 2 atom stereocenters. The zero-order valence-electron chi connectivity index (χ0n) is 7.89. The molecule has 0 amide bonds. The Morgan fingerprint density at radius 2 is 2.25 bits per heavy atom. The molecule has 0 aromatic carbocycles. The molecule has 0 N–H and O–H groups in total. The maximum Gasteiger partial charge on any atom is 0.121 e. The van der Waals surface area contributed by atoms with Crippen molar-refractivity contribution in [1.29, 1.82) is 0 Å². The number of hydrogen-bond acceptors (Lipinski definition) is 1. The summed E-state index contributed by atoms with van der Waals surface area (Å²) in [4.78, 5) is 0. The van der Waals surface area contributed by atoms with Crippen molar-refractivity contribution in [2.24, 2.45) is 5.92 Å². The van der Waals surface area contributed by atoms with Gasteiger partial charge >= 0.3 is 0 Å². The Labute approximate surface area is 74.1 Å². The number of rotatable bonds is 0. The van der Waals surface area contributed by atoms with Gasteiger partial charge in [-0.25, -0.2) is 0 Å². The Morgan fingerprint density at radius 1 is 1.50 bits per heavy atom. The predicted molar refractivity (Wildman–Crippen MR) is 49.7 cm³/mol. The third-order valence-electron chi connectivity index (χ3n) is 3.10. The first-order valence-electron chi connectivity index (χ1n) is 4.74. The largest absolute Gasteiger partial charge is 0.486 e. The molecular formula is C11H16O. The predicted octanol–water partition coefficient (Wildman–Crippen LogP) is 3.04. The average molecular weight is 164 g/mol. The molecule has 0 spiro atoms. The molecule has 0 saturated heterocycles. The SMILES string of the molecule is C=C1O[C@@H]2C[C@H](C)CCC2=C1C. The zero-order valence-corrected chi connectivity index (χ0v) is 7.89. The second kappa shape index (κ2) is 2.65. The molecule has 1 heterocycles. The minimum atomic E-state index is 0.376. The third-order valence-corrected chi connectivity index (χ3v) is 3.10. The van der Waals surface area contributed by atoms with E-state index in [1.165, 1.54) is 30.4 Å². The Balaban J connectivity index is 2.23. The fraction of sp³-hybridized carbons (Fsp3) is 0.636. The number of allylic oxidation sites excluding steroid dienone is 1.